The van der Waals surface area contributed by atoms with Gasteiger partial charge in [0.25, 0.3) is 5.91 Å². The first-order valence-electron chi connectivity index (χ1n) is 8.74. The quantitative estimate of drug-likeness (QED) is 0.890. The van der Waals surface area contributed by atoms with Crippen LogP contribution in [0.25, 0.3) is 0 Å². The summed E-state index contributed by atoms with van der Waals surface area (Å²) >= 11 is 0. The molecule has 2 heterocycles. The van der Waals surface area contributed by atoms with Gasteiger partial charge in [-0.2, -0.15) is 5.26 Å². The average molecular weight is 340 g/mol. The van der Waals surface area contributed by atoms with E-state index in [2.05, 4.69) is 35.3 Å². The number of amides is 1. The van der Waals surface area contributed by atoms with Gasteiger partial charge in [-0.3, -0.25) is 9.69 Å². The van der Waals surface area contributed by atoms with Crippen molar-refractivity contribution in [3.63, 3.8) is 0 Å². The molecule has 0 aliphatic carbocycles. The molecule has 0 radical (unpaired) electrons. The van der Waals surface area contributed by atoms with Gasteiger partial charge in [0.1, 0.15) is 5.71 Å². The van der Waals surface area contributed by atoms with E-state index >= 15 is 0 Å². The first-order valence-corrected chi connectivity index (χ1v) is 8.74. The molecule has 1 N–H and O–H groups in total. The fourth-order valence-electron chi connectivity index (χ4n) is 3.32. The molecule has 1 fully saturated rings. The Morgan fingerprint density at radius 3 is 3.12 bits per heavy atom. The van der Waals surface area contributed by atoms with Crippen molar-refractivity contribution in [2.24, 2.45) is 11.1 Å². The van der Waals surface area contributed by atoms with E-state index in [1.54, 1.807) is 0 Å². The first kappa shape index (κ1) is 17.4. The van der Waals surface area contributed by atoms with Crippen molar-refractivity contribution in [3.05, 3.63) is 35.4 Å². The molecule has 1 amide bonds. The summed E-state index contributed by atoms with van der Waals surface area (Å²) in [5, 5.41) is 16.0. The van der Waals surface area contributed by atoms with E-state index < -0.39 is 0 Å². The second-order valence-electron chi connectivity index (χ2n) is 7.37. The molecule has 1 atom stereocenters. The Morgan fingerprint density at radius 1 is 1.52 bits per heavy atom. The summed E-state index contributed by atoms with van der Waals surface area (Å²) in [5.41, 5.74) is 1.91. The highest BCUT2D eigenvalue weighted by Crippen LogP contribution is 2.34. The molecule has 6 nitrogen and oxygen atoms in total. The molecule has 0 saturated carbocycles. The Bertz CT molecular complexity index is 722. The van der Waals surface area contributed by atoms with Gasteiger partial charge in [0.05, 0.1) is 11.6 Å². The second-order valence-corrected chi connectivity index (χ2v) is 7.37. The molecular weight excluding hydrogens is 316 g/mol. The van der Waals surface area contributed by atoms with Gasteiger partial charge in [-0.15, -0.1) is 0 Å². The van der Waals surface area contributed by atoms with Crippen molar-refractivity contribution >= 4 is 11.6 Å². The fourth-order valence-corrected chi connectivity index (χ4v) is 3.32. The van der Waals surface area contributed by atoms with E-state index in [1.807, 2.05) is 24.3 Å². The van der Waals surface area contributed by atoms with Crippen LogP contribution in [0.1, 0.15) is 37.8 Å². The predicted octanol–water partition coefficient (Wildman–Crippen LogP) is 2.05. The number of nitriles is 1. The largest absolute Gasteiger partial charge is 0.387 e. The minimum absolute atomic E-state index is 0.120. The number of hydrogen-bond donors (Lipinski definition) is 1. The molecule has 25 heavy (non-hydrogen) atoms. The monoisotopic (exact) mass is 340 g/mol. The molecular formula is C19H24N4O2. The van der Waals surface area contributed by atoms with Crippen LogP contribution in [0.3, 0.4) is 0 Å². The van der Waals surface area contributed by atoms with Crippen molar-refractivity contribution in [3.8, 4) is 6.07 Å². The topological polar surface area (TPSA) is 77.7 Å². The van der Waals surface area contributed by atoms with Crippen LogP contribution in [0.4, 0.5) is 0 Å². The van der Waals surface area contributed by atoms with Crippen molar-refractivity contribution in [1.29, 1.82) is 5.26 Å². The van der Waals surface area contributed by atoms with Gasteiger partial charge < -0.3 is 10.2 Å². The molecule has 0 aromatic heterocycles. The lowest BCUT2D eigenvalue weighted by molar-refractivity contribution is -0.115. The molecule has 1 aromatic rings. The Morgan fingerprint density at radius 2 is 2.36 bits per heavy atom. The van der Waals surface area contributed by atoms with Crippen molar-refractivity contribution in [2.75, 3.05) is 19.6 Å². The molecule has 132 valence electrons. The predicted molar refractivity (Wildman–Crippen MR) is 94.8 cm³/mol. The van der Waals surface area contributed by atoms with E-state index in [0.717, 1.165) is 31.6 Å². The van der Waals surface area contributed by atoms with Gasteiger partial charge in [0.2, 0.25) is 0 Å². The molecule has 1 saturated heterocycles. The van der Waals surface area contributed by atoms with E-state index in [9.17, 15) is 4.79 Å². The van der Waals surface area contributed by atoms with Crippen LogP contribution < -0.4 is 5.32 Å². The zero-order valence-electron chi connectivity index (χ0n) is 14.8. The van der Waals surface area contributed by atoms with Gasteiger partial charge in [-0.25, -0.2) is 0 Å². The third-order valence-corrected chi connectivity index (χ3v) is 4.63. The van der Waals surface area contributed by atoms with Crippen molar-refractivity contribution in [2.45, 2.75) is 38.8 Å². The third kappa shape index (κ3) is 4.18. The molecule has 2 aliphatic heterocycles. The Labute approximate surface area is 148 Å². The zero-order chi connectivity index (χ0) is 17.9. The molecule has 3 rings (SSSR count). The summed E-state index contributed by atoms with van der Waals surface area (Å²) < 4.78 is 0. The van der Waals surface area contributed by atoms with E-state index in [0.29, 0.717) is 30.2 Å². The van der Waals surface area contributed by atoms with Crippen LogP contribution >= 0.6 is 0 Å². The van der Waals surface area contributed by atoms with Gasteiger partial charge in [-0.05, 0) is 23.6 Å². The second kappa shape index (κ2) is 7.24. The van der Waals surface area contributed by atoms with Crippen LogP contribution in [0, 0.1) is 17.2 Å². The zero-order valence-corrected chi connectivity index (χ0v) is 14.8. The Balaban J connectivity index is 1.55. The Kier molecular flexibility index (Phi) is 5.05. The number of carbonyl (C=O) groups is 1. The third-order valence-electron chi connectivity index (χ3n) is 4.63. The summed E-state index contributed by atoms with van der Waals surface area (Å²) in [6, 6.07) is 9.84. The van der Waals surface area contributed by atoms with Crippen LogP contribution in [-0.4, -0.2) is 41.8 Å². The van der Waals surface area contributed by atoms with Gasteiger partial charge in [-0.1, -0.05) is 31.1 Å². The number of hydrogen-bond acceptors (Lipinski definition) is 5. The molecule has 1 aromatic carbocycles. The van der Waals surface area contributed by atoms with Crippen LogP contribution in [0.2, 0.25) is 0 Å². The van der Waals surface area contributed by atoms with Gasteiger partial charge >= 0.3 is 0 Å². The van der Waals surface area contributed by atoms with Gasteiger partial charge in [0, 0.05) is 39.0 Å². The van der Waals surface area contributed by atoms with E-state index in [1.165, 1.54) is 0 Å². The first-order chi connectivity index (χ1) is 12.0. The number of rotatable bonds is 5. The number of nitrogens with one attached hydrogen (secondary N) is 1. The SMILES string of the molecule is CC(C)CNC(=O)C1=NOC2(CCN(Cc3cccc(C#N)c3)C2)C1. The standard InChI is InChI=1S/C19H24N4O2/c1-14(2)11-21-18(24)17-9-19(25-22-17)6-7-23(13-19)12-16-5-3-4-15(8-16)10-20/h3-5,8,14H,6-7,9,11-13H2,1-2H3,(H,21,24). The van der Waals surface area contributed by atoms with Crippen molar-refractivity contribution < 1.29 is 9.63 Å². The molecule has 1 spiro atoms. The maximum Gasteiger partial charge on any atom is 0.269 e. The van der Waals surface area contributed by atoms with Crippen LogP contribution in [0.5, 0.6) is 0 Å². The Hall–Kier alpha value is -2.39. The molecule has 2 aliphatic rings. The molecule has 1 unspecified atom stereocenters. The summed E-state index contributed by atoms with van der Waals surface area (Å²) in [4.78, 5) is 20.1. The summed E-state index contributed by atoms with van der Waals surface area (Å²) in [5.74, 6) is 0.290. The average Bonchev–Trinajstić information content (AvgIpc) is 3.20. The van der Waals surface area contributed by atoms with E-state index in [4.69, 9.17) is 10.1 Å². The minimum Gasteiger partial charge on any atom is -0.387 e. The fraction of sp³-hybridized carbons (Fsp3) is 0.526. The lowest BCUT2D eigenvalue weighted by atomic mass is 9.96. The van der Waals surface area contributed by atoms with Gasteiger partial charge in [0.15, 0.2) is 5.60 Å². The molecule has 0 bridgehead atoms. The number of oxime groups is 1. The summed E-state index contributed by atoms with van der Waals surface area (Å²) in [7, 11) is 0. The maximum absolute atomic E-state index is 12.2. The van der Waals surface area contributed by atoms with Crippen LogP contribution in [-0.2, 0) is 16.2 Å². The summed E-state index contributed by atoms with van der Waals surface area (Å²) in [6.07, 6.45) is 1.42. The van der Waals surface area contributed by atoms with Crippen LogP contribution in [0.15, 0.2) is 29.4 Å². The normalized spacial score (nSPS) is 22.7. The lowest BCUT2D eigenvalue weighted by Crippen LogP contribution is -2.37. The number of nitrogens with zero attached hydrogens (tertiary/aromatic N) is 3. The number of benzene rings is 1. The number of likely N-dealkylation sites (tertiary alicyclic amines) is 1. The van der Waals surface area contributed by atoms with E-state index in [-0.39, 0.29) is 11.5 Å². The molecule has 6 heteroatoms. The highest BCUT2D eigenvalue weighted by Gasteiger charge is 2.46. The highest BCUT2D eigenvalue weighted by atomic mass is 16.7. The van der Waals surface area contributed by atoms with Crippen molar-refractivity contribution in [1.82, 2.24) is 10.2 Å². The lowest BCUT2D eigenvalue weighted by Gasteiger charge is -2.21. The minimum atomic E-state index is -0.378. The highest BCUT2D eigenvalue weighted by molar-refractivity contribution is 6.39. The summed E-state index contributed by atoms with van der Waals surface area (Å²) in [6.45, 7) is 7.18. The number of carbonyl (C=O) groups excluding carboxylic acids is 1. The smallest absolute Gasteiger partial charge is 0.269 e. The maximum atomic E-state index is 12.2.